The lowest BCUT2D eigenvalue weighted by molar-refractivity contribution is 0.0173. The van der Waals surface area contributed by atoms with Gasteiger partial charge in [0, 0.05) is 22.2 Å². The van der Waals surface area contributed by atoms with Gasteiger partial charge in [-0.15, -0.1) is 0 Å². The highest BCUT2D eigenvalue weighted by Gasteiger charge is 2.31. The molecule has 1 aromatic carbocycles. The Bertz CT molecular complexity index is 547. The Morgan fingerprint density at radius 2 is 2.21 bits per heavy atom. The number of hydrogen-bond donors (Lipinski definition) is 2. The minimum absolute atomic E-state index is 0.245. The highest BCUT2D eigenvalue weighted by Crippen LogP contribution is 2.31. The summed E-state index contributed by atoms with van der Waals surface area (Å²) < 4.78 is 1.56. The zero-order valence-corrected chi connectivity index (χ0v) is 11.9. The fourth-order valence-corrected chi connectivity index (χ4v) is 2.56. The van der Waals surface area contributed by atoms with E-state index in [0.717, 1.165) is 0 Å². The van der Waals surface area contributed by atoms with Crippen LogP contribution in [0.4, 0.5) is 0 Å². The van der Waals surface area contributed by atoms with E-state index in [1.807, 2.05) is 0 Å². The first-order chi connectivity index (χ1) is 9.05. The molecule has 2 N–H and O–H groups in total. The van der Waals surface area contributed by atoms with Crippen molar-refractivity contribution in [3.05, 3.63) is 46.5 Å². The molecule has 0 amide bonds. The van der Waals surface area contributed by atoms with Gasteiger partial charge in [-0.2, -0.15) is 5.10 Å². The number of nitrogens with zero attached hydrogens (tertiary/aromatic N) is 3. The molecule has 1 heterocycles. The number of likely N-dealkylation sites (N-methyl/N-ethyl adjacent to an activating group) is 1. The van der Waals surface area contributed by atoms with Gasteiger partial charge < -0.3 is 10.4 Å². The van der Waals surface area contributed by atoms with Crippen molar-refractivity contribution >= 4 is 23.2 Å². The molecule has 0 aliphatic rings. The van der Waals surface area contributed by atoms with E-state index in [0.29, 0.717) is 22.2 Å². The molecular formula is C12H14Cl2N4O. The van der Waals surface area contributed by atoms with E-state index in [4.69, 9.17) is 23.2 Å². The van der Waals surface area contributed by atoms with Crippen molar-refractivity contribution in [1.82, 2.24) is 20.1 Å². The maximum atomic E-state index is 10.8. The first-order valence-corrected chi connectivity index (χ1v) is 6.46. The van der Waals surface area contributed by atoms with Crippen LogP contribution in [0.2, 0.25) is 10.0 Å². The average molecular weight is 301 g/mol. The Morgan fingerprint density at radius 1 is 1.42 bits per heavy atom. The maximum absolute atomic E-state index is 10.8. The van der Waals surface area contributed by atoms with Crippen LogP contribution in [0.5, 0.6) is 0 Å². The van der Waals surface area contributed by atoms with Crippen molar-refractivity contribution in [2.24, 2.45) is 0 Å². The second-order valence-corrected chi connectivity index (χ2v) is 5.12. The third-order valence-corrected chi connectivity index (χ3v) is 3.34. The van der Waals surface area contributed by atoms with Crippen LogP contribution in [-0.4, -0.2) is 33.5 Å². The van der Waals surface area contributed by atoms with E-state index < -0.39 is 5.60 Å². The Balaban J connectivity index is 2.37. The van der Waals surface area contributed by atoms with Crippen molar-refractivity contribution in [2.45, 2.75) is 12.1 Å². The highest BCUT2D eigenvalue weighted by atomic mass is 35.5. The van der Waals surface area contributed by atoms with Gasteiger partial charge in [-0.25, -0.2) is 9.67 Å². The molecule has 0 bridgehead atoms. The molecule has 2 rings (SSSR count). The van der Waals surface area contributed by atoms with Crippen LogP contribution in [0, 0.1) is 0 Å². The summed E-state index contributed by atoms with van der Waals surface area (Å²) in [5.74, 6) is 0. The summed E-state index contributed by atoms with van der Waals surface area (Å²) in [4.78, 5) is 3.86. The van der Waals surface area contributed by atoms with E-state index in [2.05, 4.69) is 15.4 Å². The van der Waals surface area contributed by atoms with Crippen LogP contribution in [0.3, 0.4) is 0 Å². The molecule has 1 aromatic heterocycles. The van der Waals surface area contributed by atoms with Gasteiger partial charge in [0.15, 0.2) is 0 Å². The lowest BCUT2D eigenvalue weighted by atomic mass is 9.93. The second kappa shape index (κ2) is 5.88. The van der Waals surface area contributed by atoms with Crippen LogP contribution in [0.25, 0.3) is 0 Å². The molecule has 0 fully saturated rings. The van der Waals surface area contributed by atoms with Crippen molar-refractivity contribution < 1.29 is 5.11 Å². The largest absolute Gasteiger partial charge is 0.382 e. The molecule has 0 radical (unpaired) electrons. The molecule has 0 saturated heterocycles. The van der Waals surface area contributed by atoms with Gasteiger partial charge >= 0.3 is 0 Å². The Hall–Kier alpha value is -1.14. The monoisotopic (exact) mass is 300 g/mol. The summed E-state index contributed by atoms with van der Waals surface area (Å²) >= 11 is 12.0. The van der Waals surface area contributed by atoms with Crippen LogP contribution in [0.15, 0.2) is 30.9 Å². The van der Waals surface area contributed by atoms with E-state index in [-0.39, 0.29) is 6.54 Å². The molecule has 19 heavy (non-hydrogen) atoms. The Morgan fingerprint density at radius 3 is 2.79 bits per heavy atom. The summed E-state index contributed by atoms with van der Waals surface area (Å²) in [7, 11) is 1.76. The quantitative estimate of drug-likeness (QED) is 0.882. The zero-order valence-electron chi connectivity index (χ0n) is 10.3. The number of hydrogen-bond acceptors (Lipinski definition) is 4. The van der Waals surface area contributed by atoms with E-state index in [1.165, 1.54) is 6.33 Å². The third-order valence-electron chi connectivity index (χ3n) is 2.79. The number of aliphatic hydroxyl groups is 1. The van der Waals surface area contributed by atoms with Crippen molar-refractivity contribution in [3.8, 4) is 0 Å². The minimum atomic E-state index is -1.19. The average Bonchev–Trinajstić information content (AvgIpc) is 2.81. The minimum Gasteiger partial charge on any atom is -0.382 e. The first kappa shape index (κ1) is 14.3. The van der Waals surface area contributed by atoms with Gasteiger partial charge in [0.2, 0.25) is 0 Å². The first-order valence-electron chi connectivity index (χ1n) is 5.70. The summed E-state index contributed by atoms with van der Waals surface area (Å²) in [6.07, 6.45) is 2.97. The standard InChI is InChI=1S/C12H14Cl2N4O/c1-15-5-12(19,6-18-8-16-7-17-18)10-3-2-9(13)4-11(10)14/h2-4,7-8,15,19H,5-6H2,1H3. The summed E-state index contributed by atoms with van der Waals surface area (Å²) in [5.41, 5.74) is -0.590. The van der Waals surface area contributed by atoms with Gasteiger partial charge in [0.05, 0.1) is 6.54 Å². The molecule has 0 aliphatic carbocycles. The van der Waals surface area contributed by atoms with Gasteiger partial charge in [-0.1, -0.05) is 29.3 Å². The molecule has 5 nitrogen and oxygen atoms in total. The van der Waals surface area contributed by atoms with E-state index >= 15 is 0 Å². The van der Waals surface area contributed by atoms with Gasteiger partial charge in [0.25, 0.3) is 0 Å². The maximum Gasteiger partial charge on any atom is 0.137 e. The van der Waals surface area contributed by atoms with E-state index in [1.54, 1.807) is 36.3 Å². The molecule has 102 valence electrons. The van der Waals surface area contributed by atoms with E-state index in [9.17, 15) is 5.11 Å². The number of rotatable bonds is 5. The predicted molar refractivity (Wildman–Crippen MR) is 74.3 cm³/mol. The normalized spacial score (nSPS) is 14.3. The molecule has 2 aromatic rings. The summed E-state index contributed by atoms with van der Waals surface area (Å²) in [6.45, 7) is 0.573. The number of aromatic nitrogens is 3. The smallest absolute Gasteiger partial charge is 0.137 e. The zero-order chi connectivity index (χ0) is 13.9. The number of nitrogens with one attached hydrogen (secondary N) is 1. The third kappa shape index (κ3) is 3.25. The number of benzene rings is 1. The predicted octanol–water partition coefficient (Wildman–Crippen LogP) is 1.69. The second-order valence-electron chi connectivity index (χ2n) is 4.28. The van der Waals surface area contributed by atoms with Crippen molar-refractivity contribution in [2.75, 3.05) is 13.6 Å². The molecule has 1 atom stereocenters. The van der Waals surface area contributed by atoms with Crippen LogP contribution in [0.1, 0.15) is 5.56 Å². The summed E-state index contributed by atoms with van der Waals surface area (Å²) in [5, 5.41) is 18.8. The molecular weight excluding hydrogens is 287 g/mol. The van der Waals surface area contributed by atoms with Crippen LogP contribution in [-0.2, 0) is 12.1 Å². The topological polar surface area (TPSA) is 63.0 Å². The lowest BCUT2D eigenvalue weighted by Crippen LogP contribution is -2.41. The fraction of sp³-hybridized carbons (Fsp3) is 0.333. The van der Waals surface area contributed by atoms with Crippen molar-refractivity contribution in [1.29, 1.82) is 0 Å². The van der Waals surface area contributed by atoms with Gasteiger partial charge in [-0.05, 0) is 19.2 Å². The molecule has 1 unspecified atom stereocenters. The fourth-order valence-electron chi connectivity index (χ4n) is 1.98. The molecule has 7 heteroatoms. The highest BCUT2D eigenvalue weighted by molar-refractivity contribution is 6.35. The van der Waals surface area contributed by atoms with Gasteiger partial charge in [0.1, 0.15) is 18.3 Å². The lowest BCUT2D eigenvalue weighted by Gasteiger charge is -2.29. The van der Waals surface area contributed by atoms with Gasteiger partial charge in [-0.3, -0.25) is 0 Å². The SMILES string of the molecule is CNCC(O)(Cn1cncn1)c1ccc(Cl)cc1Cl. The summed E-state index contributed by atoms with van der Waals surface area (Å²) in [6, 6.07) is 5.03. The molecule has 0 spiro atoms. The van der Waals surface area contributed by atoms with Crippen LogP contribution >= 0.6 is 23.2 Å². The van der Waals surface area contributed by atoms with Crippen molar-refractivity contribution in [3.63, 3.8) is 0 Å². The number of halogens is 2. The Kier molecular flexibility index (Phi) is 4.42. The molecule has 0 saturated carbocycles. The van der Waals surface area contributed by atoms with Crippen LogP contribution < -0.4 is 5.32 Å². The molecule has 0 aliphatic heterocycles. The Labute approximate surface area is 121 Å².